The maximum Gasteiger partial charge on any atom is 0.186 e. The van der Waals surface area contributed by atoms with Crippen LogP contribution in [0.1, 0.15) is 11.5 Å². The molecule has 3 rings (SSSR count). The highest BCUT2D eigenvalue weighted by Crippen LogP contribution is 2.51. The smallest absolute Gasteiger partial charge is 0.186 e. The molecule has 0 saturated heterocycles. The van der Waals surface area contributed by atoms with Crippen LogP contribution in [0.2, 0.25) is 0 Å². The number of nitrogens with zero attached hydrogens (tertiary/aromatic N) is 3. The fourth-order valence-electron chi connectivity index (χ4n) is 4.07. The summed E-state index contributed by atoms with van der Waals surface area (Å²) in [4.78, 5) is 1.28. The van der Waals surface area contributed by atoms with Crippen LogP contribution in [0.4, 0.5) is 0 Å². The molecule has 1 fully saturated rings. The van der Waals surface area contributed by atoms with Gasteiger partial charge in [-0.25, -0.2) is 0 Å². The summed E-state index contributed by atoms with van der Waals surface area (Å²) in [6.07, 6.45) is 1.95. The van der Waals surface area contributed by atoms with Crippen molar-refractivity contribution in [2.45, 2.75) is 5.92 Å². The summed E-state index contributed by atoms with van der Waals surface area (Å²) < 4.78 is 0. The van der Waals surface area contributed by atoms with E-state index in [0.717, 1.165) is 24.2 Å². The Morgan fingerprint density at radius 2 is 1.83 bits per heavy atom. The molecule has 0 aromatic heterocycles. The van der Waals surface area contributed by atoms with Crippen molar-refractivity contribution in [3.05, 3.63) is 47.5 Å². The molecule has 1 heterocycles. The number of likely N-dealkylation sites (N-methyl/N-ethyl adjacent to an activating group) is 1. The average Bonchev–Trinajstić information content (AvgIpc) is 2.61. The number of hydrogen-bond acceptors (Lipinski definition) is 4. The molecular weight excluding hydrogens is 298 g/mol. The lowest BCUT2D eigenvalue weighted by atomic mass is 9.55. The molecule has 2 aliphatic rings. The summed E-state index contributed by atoms with van der Waals surface area (Å²) in [6, 6.07) is 15.9. The molecule has 5 nitrogen and oxygen atoms in total. The summed E-state index contributed by atoms with van der Waals surface area (Å²) in [5, 5.41) is 37.8. The summed E-state index contributed by atoms with van der Waals surface area (Å²) in [5.41, 5.74) is 0.346. The van der Waals surface area contributed by atoms with E-state index in [9.17, 15) is 15.8 Å². The van der Waals surface area contributed by atoms with Crippen molar-refractivity contribution in [1.29, 1.82) is 21.2 Å². The fraction of sp³-hybridized carbons (Fsp3) is 0.368. The number of fused-ring (bicyclic) bond motifs is 1. The Hall–Kier alpha value is -2.94. The lowest BCUT2D eigenvalue weighted by Crippen LogP contribution is -3.10. The van der Waals surface area contributed by atoms with Crippen LogP contribution >= 0.6 is 0 Å². The van der Waals surface area contributed by atoms with Crippen LogP contribution in [-0.4, -0.2) is 25.8 Å². The fourth-order valence-corrected chi connectivity index (χ4v) is 4.07. The van der Waals surface area contributed by atoms with Gasteiger partial charge in [0, 0.05) is 17.5 Å². The molecular formula is C19H18N5+. The Morgan fingerprint density at radius 3 is 2.42 bits per heavy atom. The summed E-state index contributed by atoms with van der Waals surface area (Å²) in [6.45, 7) is 1.47. The predicted octanol–water partition coefficient (Wildman–Crippen LogP) is 1.05. The van der Waals surface area contributed by atoms with Crippen LogP contribution in [-0.2, 0) is 0 Å². The van der Waals surface area contributed by atoms with Crippen LogP contribution < -0.4 is 4.90 Å². The third-order valence-corrected chi connectivity index (χ3v) is 5.22. The first-order chi connectivity index (χ1) is 11.6. The number of nitrogens with one attached hydrogen (secondary N) is 2. The first-order valence-electron chi connectivity index (χ1n) is 7.96. The molecule has 118 valence electrons. The Labute approximate surface area is 141 Å². The van der Waals surface area contributed by atoms with Gasteiger partial charge in [-0.05, 0) is 17.2 Å². The van der Waals surface area contributed by atoms with E-state index in [1.165, 1.54) is 4.90 Å². The van der Waals surface area contributed by atoms with E-state index in [1.807, 2.05) is 36.4 Å². The van der Waals surface area contributed by atoms with Crippen molar-refractivity contribution < 1.29 is 4.90 Å². The molecule has 5 heteroatoms. The highest BCUT2D eigenvalue weighted by Gasteiger charge is 2.57. The zero-order valence-corrected chi connectivity index (χ0v) is 13.5. The molecule has 0 amide bonds. The van der Waals surface area contributed by atoms with Crippen molar-refractivity contribution >= 4 is 5.71 Å². The Bertz CT molecular complexity index is 804. The predicted molar refractivity (Wildman–Crippen MR) is 87.9 cm³/mol. The zero-order valence-electron chi connectivity index (χ0n) is 13.5. The van der Waals surface area contributed by atoms with Gasteiger partial charge in [-0.2, -0.15) is 15.8 Å². The molecule has 0 radical (unpaired) electrons. The van der Waals surface area contributed by atoms with Crippen LogP contribution in [0.5, 0.6) is 0 Å². The van der Waals surface area contributed by atoms with Crippen LogP contribution in [0.25, 0.3) is 0 Å². The molecule has 1 aliphatic heterocycles. The standard InChI is InChI=1S/C19H17N5/c1-24-8-7-15-14(10-24)17(13-5-3-2-4-6-13)18(23)16(9-20)19(15,11-21)12-22/h2-7,14,16-17,23H,8,10H2,1H3/p+1/t14-,16?,17+/m1/s1. The largest absolute Gasteiger partial charge is 0.334 e. The minimum absolute atomic E-state index is 0.0995. The molecule has 1 aliphatic carbocycles. The van der Waals surface area contributed by atoms with Crippen LogP contribution in [0, 0.1) is 56.7 Å². The number of nitriles is 3. The SMILES string of the molecule is C[NH+]1CC=C2[C@@H](C1)[C@H](c1ccccc1)C(=N)C(C#N)C2(C#N)C#N. The minimum Gasteiger partial charge on any atom is -0.334 e. The van der Waals surface area contributed by atoms with Gasteiger partial charge in [0.1, 0.15) is 5.92 Å². The molecule has 2 N–H and O–H groups in total. The normalized spacial score (nSPS) is 30.9. The molecule has 0 bridgehead atoms. The third-order valence-electron chi connectivity index (χ3n) is 5.22. The van der Waals surface area contributed by atoms with Crippen molar-refractivity contribution in [1.82, 2.24) is 0 Å². The van der Waals surface area contributed by atoms with Crippen molar-refractivity contribution in [3.63, 3.8) is 0 Å². The molecule has 1 aromatic rings. The van der Waals surface area contributed by atoms with Gasteiger partial charge in [0.2, 0.25) is 0 Å². The minimum atomic E-state index is -1.54. The highest BCUT2D eigenvalue weighted by atomic mass is 15.1. The molecule has 1 saturated carbocycles. The third kappa shape index (κ3) is 2.13. The quantitative estimate of drug-likeness (QED) is 0.757. The number of rotatable bonds is 1. The maximum absolute atomic E-state index is 9.75. The van der Waals surface area contributed by atoms with Gasteiger partial charge in [-0.3, -0.25) is 0 Å². The Balaban J connectivity index is 2.22. The Morgan fingerprint density at radius 1 is 1.17 bits per heavy atom. The number of benzene rings is 1. The van der Waals surface area contributed by atoms with Gasteiger partial charge < -0.3 is 10.3 Å². The second-order valence-corrected chi connectivity index (χ2v) is 6.57. The van der Waals surface area contributed by atoms with Gasteiger partial charge in [-0.15, -0.1) is 0 Å². The van der Waals surface area contributed by atoms with Gasteiger partial charge in [-0.1, -0.05) is 30.3 Å². The second-order valence-electron chi connectivity index (χ2n) is 6.57. The van der Waals surface area contributed by atoms with E-state index >= 15 is 0 Å². The summed E-state index contributed by atoms with van der Waals surface area (Å²) in [5.74, 6) is -1.39. The van der Waals surface area contributed by atoms with E-state index in [0.29, 0.717) is 0 Å². The first kappa shape index (κ1) is 15.9. The van der Waals surface area contributed by atoms with E-state index in [1.54, 1.807) is 0 Å². The van der Waals surface area contributed by atoms with Gasteiger partial charge in [0.25, 0.3) is 0 Å². The van der Waals surface area contributed by atoms with Crippen molar-refractivity contribution in [2.24, 2.45) is 17.3 Å². The number of hydrogen-bond donors (Lipinski definition) is 2. The first-order valence-corrected chi connectivity index (χ1v) is 7.96. The molecule has 24 heavy (non-hydrogen) atoms. The topological polar surface area (TPSA) is 99.7 Å². The summed E-state index contributed by atoms with van der Waals surface area (Å²) >= 11 is 0. The number of quaternary nitrogens is 1. The van der Waals surface area contributed by atoms with Crippen molar-refractivity contribution in [3.8, 4) is 18.2 Å². The molecule has 0 spiro atoms. The second kappa shape index (κ2) is 5.93. The van der Waals surface area contributed by atoms with Crippen LogP contribution in [0.3, 0.4) is 0 Å². The monoisotopic (exact) mass is 316 g/mol. The molecule has 2 unspecified atom stereocenters. The average molecular weight is 316 g/mol. The lowest BCUT2D eigenvalue weighted by molar-refractivity contribution is -0.878. The molecule has 1 aromatic carbocycles. The van der Waals surface area contributed by atoms with Gasteiger partial charge in [0.15, 0.2) is 5.41 Å². The maximum atomic E-state index is 9.75. The molecule has 4 atom stereocenters. The Kier molecular flexibility index (Phi) is 3.94. The summed E-state index contributed by atoms with van der Waals surface area (Å²) in [7, 11) is 2.07. The van der Waals surface area contributed by atoms with E-state index in [4.69, 9.17) is 5.41 Å². The van der Waals surface area contributed by atoms with Crippen molar-refractivity contribution in [2.75, 3.05) is 20.1 Å². The lowest BCUT2D eigenvalue weighted by Gasteiger charge is -2.45. The van der Waals surface area contributed by atoms with E-state index in [2.05, 4.69) is 25.3 Å². The zero-order chi connectivity index (χ0) is 17.3. The van der Waals surface area contributed by atoms with Gasteiger partial charge >= 0.3 is 0 Å². The van der Waals surface area contributed by atoms with E-state index < -0.39 is 11.3 Å². The van der Waals surface area contributed by atoms with Crippen LogP contribution in [0.15, 0.2) is 42.0 Å². The highest BCUT2D eigenvalue weighted by molar-refractivity contribution is 5.96. The van der Waals surface area contributed by atoms with Gasteiger partial charge in [0.05, 0.1) is 38.3 Å². The van der Waals surface area contributed by atoms with E-state index in [-0.39, 0.29) is 17.5 Å².